The molecule has 3 aromatic carbocycles. The summed E-state index contributed by atoms with van der Waals surface area (Å²) < 4.78 is 15.1. The molecule has 0 unspecified atom stereocenters. The third-order valence-corrected chi connectivity index (χ3v) is 6.05. The SMILES string of the molecule is c1ccc(-n2cc(CNCCCn3ncc4ccccc43)c(-c3ccc4c(c3)OCO4)n2)cc1. The highest BCUT2D eigenvalue weighted by Gasteiger charge is 2.18. The van der Waals surface area contributed by atoms with E-state index >= 15 is 0 Å². The van der Waals surface area contributed by atoms with Gasteiger partial charge in [0.2, 0.25) is 6.79 Å². The van der Waals surface area contributed by atoms with Crippen LogP contribution in [0.1, 0.15) is 12.0 Å². The maximum absolute atomic E-state index is 5.59. The number of nitrogens with zero attached hydrogens (tertiary/aromatic N) is 4. The van der Waals surface area contributed by atoms with Crippen molar-refractivity contribution in [3.63, 3.8) is 0 Å². The average molecular weight is 452 g/mol. The van der Waals surface area contributed by atoms with Crippen LogP contribution in [0.2, 0.25) is 0 Å². The molecule has 0 aliphatic carbocycles. The maximum Gasteiger partial charge on any atom is 0.231 e. The monoisotopic (exact) mass is 451 g/mol. The fraction of sp³-hybridized carbons (Fsp3) is 0.185. The van der Waals surface area contributed by atoms with Crippen molar-refractivity contribution < 1.29 is 9.47 Å². The van der Waals surface area contributed by atoms with E-state index in [1.165, 1.54) is 10.9 Å². The summed E-state index contributed by atoms with van der Waals surface area (Å²) in [5.74, 6) is 1.54. The Kier molecular flexibility index (Phi) is 5.45. The lowest BCUT2D eigenvalue weighted by molar-refractivity contribution is 0.174. The van der Waals surface area contributed by atoms with Crippen LogP contribution in [0.3, 0.4) is 0 Å². The summed E-state index contributed by atoms with van der Waals surface area (Å²) in [6.07, 6.45) is 5.01. The molecule has 34 heavy (non-hydrogen) atoms. The number of hydrogen-bond donors (Lipinski definition) is 1. The van der Waals surface area contributed by atoms with Gasteiger partial charge in [-0.15, -0.1) is 0 Å². The number of aromatic nitrogens is 4. The number of para-hydroxylation sites is 2. The second kappa shape index (κ2) is 9.03. The fourth-order valence-corrected chi connectivity index (χ4v) is 4.32. The standard InChI is InChI=1S/C27H25N5O2/c1-2-8-23(9-3-1)32-18-22(27(30-32)20-11-12-25-26(15-20)34-19-33-25)16-28-13-6-14-31-24-10-5-4-7-21(24)17-29-31/h1-5,7-12,15,17-18,28H,6,13-14,16,19H2. The van der Waals surface area contributed by atoms with E-state index in [2.05, 4.69) is 51.6 Å². The molecule has 0 fully saturated rings. The number of ether oxygens (including phenoxy) is 2. The minimum Gasteiger partial charge on any atom is -0.454 e. The molecule has 0 amide bonds. The van der Waals surface area contributed by atoms with Gasteiger partial charge in [0.05, 0.1) is 23.1 Å². The van der Waals surface area contributed by atoms with Crippen molar-refractivity contribution in [2.45, 2.75) is 19.5 Å². The van der Waals surface area contributed by atoms with E-state index in [0.717, 1.165) is 60.1 Å². The Bertz CT molecular complexity index is 1420. The Labute approximate surface area is 197 Å². The lowest BCUT2D eigenvalue weighted by Gasteiger charge is -2.07. The number of fused-ring (bicyclic) bond motifs is 2. The molecule has 3 heterocycles. The smallest absolute Gasteiger partial charge is 0.231 e. The third kappa shape index (κ3) is 4.02. The second-order valence-electron chi connectivity index (χ2n) is 8.31. The van der Waals surface area contributed by atoms with E-state index in [9.17, 15) is 0 Å². The van der Waals surface area contributed by atoms with Gasteiger partial charge in [0, 0.05) is 35.8 Å². The minimum atomic E-state index is 0.261. The van der Waals surface area contributed by atoms with Gasteiger partial charge in [-0.3, -0.25) is 4.68 Å². The quantitative estimate of drug-likeness (QED) is 0.344. The molecular formula is C27H25N5O2. The van der Waals surface area contributed by atoms with Gasteiger partial charge in [-0.25, -0.2) is 4.68 Å². The Morgan fingerprint density at radius 2 is 1.76 bits per heavy atom. The average Bonchev–Trinajstić information content (AvgIpc) is 3.62. The van der Waals surface area contributed by atoms with Crippen LogP contribution in [-0.4, -0.2) is 32.9 Å². The molecule has 0 radical (unpaired) electrons. The molecule has 0 saturated heterocycles. The van der Waals surface area contributed by atoms with Gasteiger partial charge in [0.25, 0.3) is 0 Å². The molecule has 0 bridgehead atoms. The Hall–Kier alpha value is -4.10. The van der Waals surface area contributed by atoms with Crippen LogP contribution in [0.5, 0.6) is 11.5 Å². The molecule has 1 aliphatic heterocycles. The van der Waals surface area contributed by atoms with E-state index in [1.54, 1.807) is 0 Å². The van der Waals surface area contributed by atoms with Crippen LogP contribution in [0.15, 0.2) is 85.2 Å². The normalized spacial score (nSPS) is 12.5. The summed E-state index contributed by atoms with van der Waals surface area (Å²) in [5, 5.41) is 14.2. The first-order valence-electron chi connectivity index (χ1n) is 11.5. The van der Waals surface area contributed by atoms with E-state index in [1.807, 2.05) is 53.3 Å². The van der Waals surface area contributed by atoms with Gasteiger partial charge >= 0.3 is 0 Å². The minimum absolute atomic E-state index is 0.261. The van der Waals surface area contributed by atoms with Crippen molar-refractivity contribution in [3.05, 3.63) is 90.8 Å². The first-order valence-corrected chi connectivity index (χ1v) is 11.5. The number of aryl methyl sites for hydroxylation is 1. The van der Waals surface area contributed by atoms with Gasteiger partial charge < -0.3 is 14.8 Å². The molecule has 1 aliphatic rings. The Balaban J connectivity index is 1.18. The molecule has 0 spiro atoms. The highest BCUT2D eigenvalue weighted by Crippen LogP contribution is 2.36. The molecular weight excluding hydrogens is 426 g/mol. The van der Waals surface area contributed by atoms with Crippen LogP contribution in [-0.2, 0) is 13.1 Å². The molecule has 7 nitrogen and oxygen atoms in total. The molecule has 5 aromatic rings. The van der Waals surface area contributed by atoms with E-state index in [4.69, 9.17) is 14.6 Å². The second-order valence-corrected chi connectivity index (χ2v) is 8.31. The van der Waals surface area contributed by atoms with Gasteiger partial charge in [0.15, 0.2) is 11.5 Å². The largest absolute Gasteiger partial charge is 0.454 e. The summed E-state index contributed by atoms with van der Waals surface area (Å²) in [5.41, 5.74) is 5.29. The first-order chi connectivity index (χ1) is 16.8. The van der Waals surface area contributed by atoms with Gasteiger partial charge in [-0.05, 0) is 49.4 Å². The lowest BCUT2D eigenvalue weighted by atomic mass is 10.1. The molecule has 6 rings (SSSR count). The van der Waals surface area contributed by atoms with Crippen molar-refractivity contribution in [3.8, 4) is 28.4 Å². The van der Waals surface area contributed by atoms with Gasteiger partial charge in [-0.2, -0.15) is 10.2 Å². The van der Waals surface area contributed by atoms with Crippen molar-refractivity contribution in [1.82, 2.24) is 24.9 Å². The molecule has 2 aromatic heterocycles. The number of benzene rings is 3. The Morgan fingerprint density at radius 1 is 0.912 bits per heavy atom. The van der Waals surface area contributed by atoms with E-state index in [0.29, 0.717) is 0 Å². The summed E-state index contributed by atoms with van der Waals surface area (Å²) in [4.78, 5) is 0. The van der Waals surface area contributed by atoms with Crippen LogP contribution in [0.25, 0.3) is 27.8 Å². The topological polar surface area (TPSA) is 66.1 Å². The number of hydrogen-bond acceptors (Lipinski definition) is 5. The summed E-state index contributed by atoms with van der Waals surface area (Å²) >= 11 is 0. The van der Waals surface area contributed by atoms with Gasteiger partial charge in [-0.1, -0.05) is 36.4 Å². The van der Waals surface area contributed by atoms with Crippen LogP contribution in [0, 0.1) is 0 Å². The van der Waals surface area contributed by atoms with E-state index < -0.39 is 0 Å². The van der Waals surface area contributed by atoms with Crippen LogP contribution in [0.4, 0.5) is 0 Å². The molecule has 0 saturated carbocycles. The molecule has 1 N–H and O–H groups in total. The molecule has 7 heteroatoms. The van der Waals surface area contributed by atoms with Crippen molar-refractivity contribution in [1.29, 1.82) is 0 Å². The first kappa shape index (κ1) is 20.5. The summed E-state index contributed by atoms with van der Waals surface area (Å²) in [7, 11) is 0. The fourth-order valence-electron chi connectivity index (χ4n) is 4.32. The highest BCUT2D eigenvalue weighted by molar-refractivity contribution is 5.78. The third-order valence-electron chi connectivity index (χ3n) is 6.05. The number of rotatable bonds is 8. The van der Waals surface area contributed by atoms with E-state index in [-0.39, 0.29) is 6.79 Å². The predicted molar refractivity (Wildman–Crippen MR) is 131 cm³/mol. The lowest BCUT2D eigenvalue weighted by Crippen LogP contribution is -2.17. The summed E-state index contributed by atoms with van der Waals surface area (Å²) in [6, 6.07) is 24.5. The zero-order chi connectivity index (χ0) is 22.7. The Morgan fingerprint density at radius 3 is 2.71 bits per heavy atom. The maximum atomic E-state index is 5.59. The predicted octanol–water partition coefficient (Wildman–Crippen LogP) is 4.80. The van der Waals surface area contributed by atoms with Crippen molar-refractivity contribution in [2.24, 2.45) is 0 Å². The van der Waals surface area contributed by atoms with Crippen molar-refractivity contribution in [2.75, 3.05) is 13.3 Å². The molecule has 0 atom stereocenters. The zero-order valence-electron chi connectivity index (χ0n) is 18.7. The highest BCUT2D eigenvalue weighted by atomic mass is 16.7. The molecule has 170 valence electrons. The van der Waals surface area contributed by atoms with Crippen molar-refractivity contribution >= 4 is 10.9 Å². The van der Waals surface area contributed by atoms with Gasteiger partial charge in [0.1, 0.15) is 0 Å². The summed E-state index contributed by atoms with van der Waals surface area (Å²) in [6.45, 7) is 2.73. The van der Waals surface area contributed by atoms with Crippen LogP contribution < -0.4 is 14.8 Å². The number of nitrogens with one attached hydrogen (secondary N) is 1. The zero-order valence-corrected chi connectivity index (χ0v) is 18.7. The van der Waals surface area contributed by atoms with Crippen LogP contribution >= 0.6 is 0 Å².